The van der Waals surface area contributed by atoms with Gasteiger partial charge >= 0.3 is 5.97 Å². The largest absolute Gasteiger partial charge is 0.478 e. The van der Waals surface area contributed by atoms with Crippen molar-refractivity contribution in [3.63, 3.8) is 0 Å². The Labute approximate surface area is 132 Å². The Morgan fingerprint density at radius 1 is 1.19 bits per heavy atom. The number of carbonyl (C=O) groups is 1. The van der Waals surface area contributed by atoms with Crippen LogP contribution in [0.4, 0.5) is 0 Å². The summed E-state index contributed by atoms with van der Waals surface area (Å²) < 4.78 is 31.6. The van der Waals surface area contributed by atoms with Crippen molar-refractivity contribution in [1.82, 2.24) is 4.31 Å². The standard InChI is InChI=1S/C12H13Cl2NO5S/c13-9-7-10(14)11(6-8(9)12(16)17)21(18,19)15-2-1-4-20-5-3-15/h6-7H,1-5H2,(H,16,17). The molecule has 0 aromatic heterocycles. The highest BCUT2D eigenvalue weighted by Crippen LogP contribution is 2.31. The van der Waals surface area contributed by atoms with Gasteiger partial charge in [-0.05, 0) is 18.6 Å². The van der Waals surface area contributed by atoms with Crippen LogP contribution in [0.2, 0.25) is 10.0 Å². The van der Waals surface area contributed by atoms with Crippen LogP contribution in [0, 0.1) is 0 Å². The molecule has 0 radical (unpaired) electrons. The number of sulfonamides is 1. The first-order chi connectivity index (χ1) is 9.84. The molecule has 6 nitrogen and oxygen atoms in total. The number of hydrogen-bond donors (Lipinski definition) is 1. The van der Waals surface area contributed by atoms with Crippen LogP contribution in [0.3, 0.4) is 0 Å². The third kappa shape index (κ3) is 3.49. The third-order valence-corrected chi connectivity index (χ3v) is 5.73. The Bertz CT molecular complexity index is 654. The smallest absolute Gasteiger partial charge is 0.337 e. The van der Waals surface area contributed by atoms with Gasteiger partial charge in [-0.15, -0.1) is 0 Å². The van der Waals surface area contributed by atoms with Gasteiger partial charge in [0.05, 0.1) is 22.2 Å². The van der Waals surface area contributed by atoms with Gasteiger partial charge in [0.2, 0.25) is 10.0 Å². The summed E-state index contributed by atoms with van der Waals surface area (Å²) in [5.41, 5.74) is -0.300. The van der Waals surface area contributed by atoms with Crippen molar-refractivity contribution in [2.24, 2.45) is 0 Å². The van der Waals surface area contributed by atoms with Crippen molar-refractivity contribution < 1.29 is 23.1 Å². The van der Waals surface area contributed by atoms with Gasteiger partial charge in [0.1, 0.15) is 4.90 Å². The van der Waals surface area contributed by atoms with E-state index >= 15 is 0 Å². The first kappa shape index (κ1) is 16.5. The van der Waals surface area contributed by atoms with E-state index < -0.39 is 16.0 Å². The highest BCUT2D eigenvalue weighted by atomic mass is 35.5. The molecule has 0 spiro atoms. The fourth-order valence-corrected chi connectivity index (χ4v) is 4.28. The first-order valence-electron chi connectivity index (χ1n) is 6.14. The molecule has 0 bridgehead atoms. The van der Waals surface area contributed by atoms with Crippen molar-refractivity contribution >= 4 is 39.2 Å². The van der Waals surface area contributed by atoms with E-state index in [0.717, 1.165) is 12.1 Å². The number of hydrogen-bond acceptors (Lipinski definition) is 4. The Kier molecular flexibility index (Phi) is 5.11. The molecular weight excluding hydrogens is 341 g/mol. The van der Waals surface area contributed by atoms with E-state index in [1.807, 2.05) is 0 Å². The number of carboxylic acids is 1. The van der Waals surface area contributed by atoms with Crippen LogP contribution >= 0.6 is 23.2 Å². The Balaban J connectivity index is 2.48. The summed E-state index contributed by atoms with van der Waals surface area (Å²) >= 11 is 11.7. The van der Waals surface area contributed by atoms with Gasteiger partial charge in [-0.1, -0.05) is 23.2 Å². The molecule has 1 aromatic rings. The first-order valence-corrected chi connectivity index (χ1v) is 8.34. The summed E-state index contributed by atoms with van der Waals surface area (Å²) in [4.78, 5) is 10.8. The number of nitrogens with zero attached hydrogens (tertiary/aromatic N) is 1. The lowest BCUT2D eigenvalue weighted by molar-refractivity contribution is 0.0697. The Morgan fingerprint density at radius 2 is 1.90 bits per heavy atom. The molecule has 1 N–H and O–H groups in total. The molecule has 1 fully saturated rings. The van der Waals surface area contributed by atoms with Crippen LogP contribution in [-0.2, 0) is 14.8 Å². The molecule has 0 aliphatic carbocycles. The second-order valence-electron chi connectivity index (χ2n) is 4.44. The number of carboxylic acid groups (broad SMARTS) is 1. The van der Waals surface area contributed by atoms with Crippen LogP contribution in [0.15, 0.2) is 17.0 Å². The molecule has 1 saturated heterocycles. The molecule has 0 unspecified atom stereocenters. The molecule has 2 rings (SSSR count). The van der Waals surface area contributed by atoms with E-state index in [-0.39, 0.29) is 33.7 Å². The predicted octanol–water partition coefficient (Wildman–Crippen LogP) is 2.10. The van der Waals surface area contributed by atoms with Gasteiger partial charge in [0.15, 0.2) is 0 Å². The lowest BCUT2D eigenvalue weighted by atomic mass is 10.2. The number of aromatic carboxylic acids is 1. The zero-order valence-corrected chi connectivity index (χ0v) is 13.2. The molecule has 1 aliphatic rings. The van der Waals surface area contributed by atoms with Crippen LogP contribution in [-0.4, -0.2) is 50.1 Å². The highest BCUT2D eigenvalue weighted by Gasteiger charge is 2.29. The van der Waals surface area contributed by atoms with Gasteiger partial charge in [0.25, 0.3) is 0 Å². The van der Waals surface area contributed by atoms with Crippen molar-refractivity contribution in [3.8, 4) is 0 Å². The molecule has 0 atom stereocenters. The number of halogens is 2. The maximum Gasteiger partial charge on any atom is 0.337 e. The van der Waals surface area contributed by atoms with E-state index in [4.69, 9.17) is 33.0 Å². The Hall–Kier alpha value is -0.860. The van der Waals surface area contributed by atoms with Crippen molar-refractivity contribution in [2.75, 3.05) is 26.3 Å². The van der Waals surface area contributed by atoms with E-state index in [2.05, 4.69) is 0 Å². The zero-order valence-electron chi connectivity index (χ0n) is 10.9. The summed E-state index contributed by atoms with van der Waals surface area (Å²) in [6, 6.07) is 2.13. The van der Waals surface area contributed by atoms with E-state index in [1.165, 1.54) is 4.31 Å². The molecule has 9 heteroatoms. The average molecular weight is 354 g/mol. The zero-order chi connectivity index (χ0) is 15.6. The monoisotopic (exact) mass is 353 g/mol. The van der Waals surface area contributed by atoms with Gasteiger partial charge in [-0.25, -0.2) is 13.2 Å². The summed E-state index contributed by atoms with van der Waals surface area (Å²) in [5.74, 6) is -1.31. The molecule has 0 saturated carbocycles. The summed E-state index contributed by atoms with van der Waals surface area (Å²) in [7, 11) is -3.89. The van der Waals surface area contributed by atoms with E-state index in [1.54, 1.807) is 0 Å². The lowest BCUT2D eigenvalue weighted by Gasteiger charge is -2.20. The van der Waals surface area contributed by atoms with Gasteiger partial charge in [0, 0.05) is 19.7 Å². The average Bonchev–Trinajstić information content (AvgIpc) is 2.67. The van der Waals surface area contributed by atoms with Crippen molar-refractivity contribution in [2.45, 2.75) is 11.3 Å². The molecule has 0 amide bonds. The minimum Gasteiger partial charge on any atom is -0.478 e. The van der Waals surface area contributed by atoms with Crippen LogP contribution < -0.4 is 0 Å². The molecule has 1 aromatic carbocycles. The lowest BCUT2D eigenvalue weighted by Crippen LogP contribution is -2.33. The topological polar surface area (TPSA) is 83.9 Å². The summed E-state index contributed by atoms with van der Waals surface area (Å²) in [6.07, 6.45) is 0.566. The van der Waals surface area contributed by atoms with Gasteiger partial charge in [-0.2, -0.15) is 4.31 Å². The SMILES string of the molecule is O=C(O)c1cc(S(=O)(=O)N2CCCOCC2)c(Cl)cc1Cl. The fraction of sp³-hybridized carbons (Fsp3) is 0.417. The van der Waals surface area contributed by atoms with Crippen LogP contribution in [0.5, 0.6) is 0 Å². The van der Waals surface area contributed by atoms with Crippen molar-refractivity contribution in [3.05, 3.63) is 27.7 Å². The molecule has 1 heterocycles. The van der Waals surface area contributed by atoms with E-state index in [0.29, 0.717) is 19.6 Å². The number of ether oxygens (including phenoxy) is 1. The molecule has 21 heavy (non-hydrogen) atoms. The summed E-state index contributed by atoms with van der Waals surface area (Å²) in [6.45, 7) is 1.27. The van der Waals surface area contributed by atoms with Crippen LogP contribution in [0.25, 0.3) is 0 Å². The minimum atomic E-state index is -3.89. The molecular formula is C12H13Cl2NO5S. The fourth-order valence-electron chi connectivity index (χ4n) is 1.99. The van der Waals surface area contributed by atoms with Crippen molar-refractivity contribution in [1.29, 1.82) is 0 Å². The summed E-state index contributed by atoms with van der Waals surface area (Å²) in [5, 5.41) is 8.84. The van der Waals surface area contributed by atoms with Crippen LogP contribution in [0.1, 0.15) is 16.8 Å². The highest BCUT2D eigenvalue weighted by molar-refractivity contribution is 7.89. The Morgan fingerprint density at radius 3 is 2.57 bits per heavy atom. The minimum absolute atomic E-state index is 0.102. The predicted molar refractivity (Wildman–Crippen MR) is 77.6 cm³/mol. The second-order valence-corrected chi connectivity index (χ2v) is 7.16. The third-order valence-electron chi connectivity index (χ3n) is 3.05. The van der Waals surface area contributed by atoms with E-state index in [9.17, 15) is 13.2 Å². The normalized spacial score (nSPS) is 17.4. The number of rotatable bonds is 3. The molecule has 116 valence electrons. The quantitative estimate of drug-likeness (QED) is 0.899. The maximum atomic E-state index is 12.6. The second kappa shape index (κ2) is 6.50. The molecule has 1 aliphatic heterocycles. The maximum absolute atomic E-state index is 12.6. The van der Waals surface area contributed by atoms with Gasteiger partial charge < -0.3 is 9.84 Å². The van der Waals surface area contributed by atoms with Gasteiger partial charge in [-0.3, -0.25) is 0 Å². The number of benzene rings is 1.